The molecule has 0 saturated heterocycles. The zero-order chi connectivity index (χ0) is 17.1. The number of hydrogen-bond acceptors (Lipinski definition) is 3. The van der Waals surface area contributed by atoms with Crippen LogP contribution < -0.4 is 15.3 Å². The molecular weight excluding hydrogens is 312 g/mol. The van der Waals surface area contributed by atoms with Crippen LogP contribution in [0.15, 0.2) is 71.2 Å². The highest BCUT2D eigenvalue weighted by molar-refractivity contribution is 6.20. The van der Waals surface area contributed by atoms with Crippen LogP contribution in [0.1, 0.15) is 6.42 Å². The second-order valence-electron chi connectivity index (χ2n) is 6.25. The lowest BCUT2D eigenvalue weighted by atomic mass is 9.97. The Labute approximate surface area is 146 Å². The van der Waals surface area contributed by atoms with Gasteiger partial charge in [-0.15, -0.1) is 0 Å². The molecule has 2 aromatic rings. The molecule has 2 heterocycles. The number of carbonyl (C=O) groups is 1. The highest BCUT2D eigenvalue weighted by Gasteiger charge is 2.22. The van der Waals surface area contributed by atoms with Crippen LogP contribution in [0.2, 0.25) is 0 Å². The van der Waals surface area contributed by atoms with Crippen LogP contribution in [-0.4, -0.2) is 37.0 Å². The van der Waals surface area contributed by atoms with E-state index in [-0.39, 0.29) is 5.91 Å². The molecule has 25 heavy (non-hydrogen) atoms. The lowest BCUT2D eigenvalue weighted by Gasteiger charge is -2.26. The van der Waals surface area contributed by atoms with Gasteiger partial charge in [0.1, 0.15) is 12.4 Å². The maximum atomic E-state index is 12.3. The Morgan fingerprint density at radius 3 is 2.64 bits per heavy atom. The van der Waals surface area contributed by atoms with Gasteiger partial charge in [-0.2, -0.15) is 0 Å². The molecule has 0 saturated carbocycles. The molecule has 4 nitrogen and oxygen atoms in total. The Morgan fingerprint density at radius 1 is 1.04 bits per heavy atom. The Balaban J connectivity index is 1.40. The van der Waals surface area contributed by atoms with Crippen LogP contribution in [0.25, 0.3) is 5.57 Å². The van der Waals surface area contributed by atoms with E-state index in [1.54, 1.807) is 0 Å². The van der Waals surface area contributed by atoms with E-state index in [0.717, 1.165) is 53.5 Å². The van der Waals surface area contributed by atoms with Crippen molar-refractivity contribution in [2.75, 3.05) is 26.2 Å². The number of benzene rings is 2. The highest BCUT2D eigenvalue weighted by atomic mass is 16.5. The van der Waals surface area contributed by atoms with E-state index < -0.39 is 0 Å². The molecule has 0 radical (unpaired) electrons. The van der Waals surface area contributed by atoms with Crippen molar-refractivity contribution in [2.24, 2.45) is 4.99 Å². The number of amides is 1. The van der Waals surface area contributed by atoms with E-state index in [1.165, 1.54) is 0 Å². The maximum Gasteiger partial charge on any atom is 0.278 e. The second-order valence-corrected chi connectivity index (χ2v) is 6.25. The number of carbonyl (C=O) groups excluding carboxylic acids is 1. The summed E-state index contributed by atoms with van der Waals surface area (Å²) in [5.74, 6) is 0.800. The first kappa shape index (κ1) is 15.8. The number of nitrogens with zero attached hydrogens (tertiary/aromatic N) is 2. The summed E-state index contributed by atoms with van der Waals surface area (Å²) in [6.45, 7) is 3.32. The van der Waals surface area contributed by atoms with Gasteiger partial charge < -0.3 is 4.74 Å². The standard InChI is InChI=1S/C21H20N2O2/c24-21-20(18-8-4-5-9-19(18)22-21)16-10-12-23(13-11-16)14-15-25-17-6-2-1-3-7-17/h1-10H,11-15H2. The van der Waals surface area contributed by atoms with Crippen molar-refractivity contribution in [2.45, 2.75) is 6.42 Å². The van der Waals surface area contributed by atoms with Crippen LogP contribution in [0.4, 0.5) is 0 Å². The van der Waals surface area contributed by atoms with Crippen LogP contribution in [0, 0.1) is 0 Å². The monoisotopic (exact) mass is 332 g/mol. The second kappa shape index (κ2) is 7.03. The molecule has 2 aromatic carbocycles. The lowest BCUT2D eigenvalue weighted by Crippen LogP contribution is -2.33. The molecule has 0 fully saturated rings. The van der Waals surface area contributed by atoms with Gasteiger partial charge in [-0.3, -0.25) is 9.69 Å². The minimum Gasteiger partial charge on any atom is -0.492 e. The fourth-order valence-electron chi connectivity index (χ4n) is 3.32. The topological polar surface area (TPSA) is 41.9 Å². The van der Waals surface area contributed by atoms with E-state index in [2.05, 4.69) is 16.0 Å². The predicted molar refractivity (Wildman–Crippen MR) is 96.7 cm³/mol. The third kappa shape index (κ3) is 3.39. The molecule has 2 aliphatic heterocycles. The normalized spacial score (nSPS) is 17.0. The average molecular weight is 332 g/mol. The van der Waals surface area contributed by atoms with Gasteiger partial charge in [0, 0.05) is 24.9 Å². The third-order valence-corrected chi connectivity index (χ3v) is 4.64. The largest absolute Gasteiger partial charge is 0.492 e. The quantitative estimate of drug-likeness (QED) is 0.837. The van der Waals surface area contributed by atoms with E-state index >= 15 is 0 Å². The zero-order valence-electron chi connectivity index (χ0n) is 14.0. The molecule has 0 bridgehead atoms. The summed E-state index contributed by atoms with van der Waals surface area (Å²) in [6.07, 6.45) is 3.03. The number of fused-ring (bicyclic) bond motifs is 1. The average Bonchev–Trinajstić information content (AvgIpc) is 2.99. The maximum absolute atomic E-state index is 12.3. The molecule has 2 aliphatic rings. The first-order valence-electron chi connectivity index (χ1n) is 8.63. The molecule has 0 spiro atoms. The number of ether oxygens (including phenoxy) is 1. The summed E-state index contributed by atoms with van der Waals surface area (Å²) in [5, 5.41) is 1.77. The molecule has 4 heteroatoms. The van der Waals surface area contributed by atoms with Crippen molar-refractivity contribution in [3.05, 3.63) is 76.8 Å². The molecule has 0 atom stereocenters. The minimum absolute atomic E-state index is 0.103. The van der Waals surface area contributed by atoms with Gasteiger partial charge in [-0.25, -0.2) is 4.99 Å². The predicted octanol–water partition coefficient (Wildman–Crippen LogP) is 1.71. The minimum atomic E-state index is -0.103. The van der Waals surface area contributed by atoms with Crippen molar-refractivity contribution in [1.82, 2.24) is 4.90 Å². The number of para-hydroxylation sites is 2. The van der Waals surface area contributed by atoms with Gasteiger partial charge in [-0.1, -0.05) is 42.5 Å². The molecule has 126 valence electrons. The third-order valence-electron chi connectivity index (χ3n) is 4.64. The Bertz CT molecular complexity index is 932. The van der Waals surface area contributed by atoms with Crippen molar-refractivity contribution < 1.29 is 9.53 Å². The molecule has 0 aliphatic carbocycles. The molecule has 0 N–H and O–H groups in total. The van der Waals surface area contributed by atoms with E-state index in [1.807, 2.05) is 54.6 Å². The smallest absolute Gasteiger partial charge is 0.278 e. The lowest BCUT2D eigenvalue weighted by molar-refractivity contribution is -0.112. The van der Waals surface area contributed by atoms with Crippen molar-refractivity contribution in [3.8, 4) is 5.75 Å². The first-order chi connectivity index (χ1) is 12.3. The Morgan fingerprint density at radius 2 is 1.84 bits per heavy atom. The van der Waals surface area contributed by atoms with Gasteiger partial charge in [-0.05, 0) is 30.2 Å². The van der Waals surface area contributed by atoms with E-state index in [4.69, 9.17) is 4.74 Å². The fraction of sp³-hybridized carbons (Fsp3) is 0.238. The van der Waals surface area contributed by atoms with E-state index in [9.17, 15) is 4.79 Å². The SMILES string of the molecule is O=C1N=c2ccccc2=C1C1=CCN(CCOc2ccccc2)CC1. The highest BCUT2D eigenvalue weighted by Crippen LogP contribution is 2.21. The summed E-state index contributed by atoms with van der Waals surface area (Å²) < 4.78 is 5.76. The van der Waals surface area contributed by atoms with Gasteiger partial charge in [0.15, 0.2) is 0 Å². The van der Waals surface area contributed by atoms with Gasteiger partial charge in [0.05, 0.1) is 10.9 Å². The van der Waals surface area contributed by atoms with Gasteiger partial charge >= 0.3 is 0 Å². The van der Waals surface area contributed by atoms with Crippen molar-refractivity contribution in [1.29, 1.82) is 0 Å². The van der Waals surface area contributed by atoms with Crippen molar-refractivity contribution >= 4 is 11.5 Å². The van der Waals surface area contributed by atoms with Crippen LogP contribution in [0.5, 0.6) is 5.75 Å². The summed E-state index contributed by atoms with van der Waals surface area (Å²) in [5.41, 5.74) is 1.91. The molecular formula is C21H20N2O2. The molecule has 0 unspecified atom stereocenters. The Hall–Kier alpha value is -2.72. The summed E-state index contributed by atoms with van der Waals surface area (Å²) in [4.78, 5) is 18.8. The van der Waals surface area contributed by atoms with Crippen LogP contribution >= 0.6 is 0 Å². The zero-order valence-corrected chi connectivity index (χ0v) is 14.0. The number of rotatable bonds is 5. The summed E-state index contributed by atoms with van der Waals surface area (Å²) >= 11 is 0. The Kier molecular flexibility index (Phi) is 4.44. The summed E-state index contributed by atoms with van der Waals surface area (Å²) in [7, 11) is 0. The molecule has 1 amide bonds. The summed E-state index contributed by atoms with van der Waals surface area (Å²) in [6, 6.07) is 17.6. The molecule has 4 rings (SSSR count). The molecule has 0 aromatic heterocycles. The van der Waals surface area contributed by atoms with Crippen LogP contribution in [0.3, 0.4) is 0 Å². The van der Waals surface area contributed by atoms with Crippen LogP contribution in [-0.2, 0) is 4.79 Å². The van der Waals surface area contributed by atoms with E-state index in [0.29, 0.717) is 6.61 Å². The van der Waals surface area contributed by atoms with Crippen molar-refractivity contribution in [3.63, 3.8) is 0 Å². The fourth-order valence-corrected chi connectivity index (χ4v) is 3.32. The number of hydrogen-bond donors (Lipinski definition) is 0. The first-order valence-corrected chi connectivity index (χ1v) is 8.63. The van der Waals surface area contributed by atoms with Gasteiger partial charge in [0.2, 0.25) is 0 Å². The van der Waals surface area contributed by atoms with Gasteiger partial charge in [0.25, 0.3) is 5.91 Å².